The van der Waals surface area contributed by atoms with E-state index in [0.717, 1.165) is 12.8 Å². The fourth-order valence-electron chi connectivity index (χ4n) is 6.61. The third kappa shape index (κ3) is 4.53. The Labute approximate surface area is 223 Å². The molecule has 196 valence electrons. The predicted molar refractivity (Wildman–Crippen MR) is 145 cm³/mol. The first-order valence-corrected chi connectivity index (χ1v) is 13.6. The number of ether oxygens (including phenoxy) is 3. The van der Waals surface area contributed by atoms with Gasteiger partial charge < -0.3 is 19.1 Å². The van der Waals surface area contributed by atoms with E-state index in [4.69, 9.17) is 14.2 Å². The summed E-state index contributed by atoms with van der Waals surface area (Å²) in [5.74, 6) is 1.53. The van der Waals surface area contributed by atoms with E-state index in [1.165, 1.54) is 22.3 Å². The molecule has 6 rings (SSSR count). The topological polar surface area (TPSA) is 65.1 Å². The smallest absolute Gasteiger partial charge is 0.410 e. The summed E-state index contributed by atoms with van der Waals surface area (Å²) in [5.41, 5.74) is 4.87. The van der Waals surface area contributed by atoms with Gasteiger partial charge in [0.15, 0.2) is 11.5 Å². The number of methoxy groups -OCH3 is 1. The van der Waals surface area contributed by atoms with Crippen LogP contribution in [0.15, 0.2) is 72.8 Å². The zero-order valence-electron chi connectivity index (χ0n) is 21.7. The maximum atomic E-state index is 13.3. The molecule has 1 aliphatic carbocycles. The Morgan fingerprint density at radius 3 is 2.03 bits per heavy atom. The van der Waals surface area contributed by atoms with Crippen LogP contribution in [0, 0.1) is 5.92 Å². The van der Waals surface area contributed by atoms with Crippen LogP contribution in [0.2, 0.25) is 0 Å². The number of para-hydroxylation sites is 2. The number of piperidine rings is 1. The number of ketones is 1. The number of nitrogens with zero attached hydrogens (tertiary/aromatic N) is 1. The SMILES string of the molecule is COc1ccccc1OCCC(=O)C1CC2CCC(C1)N2C(=O)OCC1c2ccccc2-c2ccccc21. The second kappa shape index (κ2) is 10.5. The van der Waals surface area contributed by atoms with E-state index < -0.39 is 0 Å². The first-order chi connectivity index (χ1) is 18.6. The van der Waals surface area contributed by atoms with Gasteiger partial charge in [0, 0.05) is 30.3 Å². The van der Waals surface area contributed by atoms with Gasteiger partial charge in [0.05, 0.1) is 13.7 Å². The zero-order chi connectivity index (χ0) is 26.1. The Morgan fingerprint density at radius 1 is 0.816 bits per heavy atom. The minimum atomic E-state index is -0.246. The van der Waals surface area contributed by atoms with Gasteiger partial charge in [-0.1, -0.05) is 60.7 Å². The van der Waals surface area contributed by atoms with E-state index in [9.17, 15) is 9.59 Å². The molecule has 6 heteroatoms. The molecule has 2 bridgehead atoms. The van der Waals surface area contributed by atoms with E-state index in [-0.39, 0.29) is 35.8 Å². The molecule has 2 saturated heterocycles. The quantitative estimate of drug-likeness (QED) is 0.359. The third-order valence-corrected chi connectivity index (χ3v) is 8.41. The van der Waals surface area contributed by atoms with Crippen molar-refractivity contribution in [1.29, 1.82) is 0 Å². The third-order valence-electron chi connectivity index (χ3n) is 8.41. The average Bonchev–Trinajstić information content (AvgIpc) is 3.42. The van der Waals surface area contributed by atoms with Crippen LogP contribution in [0.3, 0.4) is 0 Å². The molecule has 2 unspecified atom stereocenters. The van der Waals surface area contributed by atoms with Crippen LogP contribution < -0.4 is 9.47 Å². The number of fused-ring (bicyclic) bond motifs is 5. The summed E-state index contributed by atoms with van der Waals surface area (Å²) in [7, 11) is 1.60. The van der Waals surface area contributed by atoms with Crippen molar-refractivity contribution in [3.05, 3.63) is 83.9 Å². The molecule has 2 fully saturated rings. The fourth-order valence-corrected chi connectivity index (χ4v) is 6.61. The van der Waals surface area contributed by atoms with Crippen LogP contribution in [0.25, 0.3) is 11.1 Å². The summed E-state index contributed by atoms with van der Waals surface area (Å²) in [6.45, 7) is 0.645. The van der Waals surface area contributed by atoms with Gasteiger partial charge in [-0.2, -0.15) is 0 Å². The van der Waals surface area contributed by atoms with Crippen molar-refractivity contribution in [2.45, 2.75) is 50.1 Å². The van der Waals surface area contributed by atoms with E-state index >= 15 is 0 Å². The molecule has 2 heterocycles. The largest absolute Gasteiger partial charge is 0.493 e. The standard InChI is InChI=1S/C32H33NO5/c1-36-30-12-6-7-13-31(30)37-17-16-29(34)21-18-22-14-15-23(19-21)33(22)32(35)38-20-28-26-10-4-2-8-24(26)25-9-3-5-11-27(25)28/h2-13,21-23,28H,14-20H2,1H3. The summed E-state index contributed by atoms with van der Waals surface area (Å²) in [6.07, 6.45) is 3.37. The molecule has 0 saturated carbocycles. The summed E-state index contributed by atoms with van der Waals surface area (Å²) >= 11 is 0. The van der Waals surface area contributed by atoms with Gasteiger partial charge in [0.2, 0.25) is 0 Å². The highest BCUT2D eigenvalue weighted by Crippen LogP contribution is 2.45. The lowest BCUT2D eigenvalue weighted by Crippen LogP contribution is -2.48. The molecular weight excluding hydrogens is 478 g/mol. The number of benzene rings is 3. The Balaban J connectivity index is 1.04. The number of Topliss-reactive ketones (excluding diaryl/α,β-unsaturated/α-hetero) is 1. The molecule has 1 amide bonds. The summed E-state index contributed by atoms with van der Waals surface area (Å²) in [4.78, 5) is 28.2. The van der Waals surface area contributed by atoms with Gasteiger partial charge in [-0.3, -0.25) is 4.79 Å². The van der Waals surface area contributed by atoms with Gasteiger partial charge in [-0.15, -0.1) is 0 Å². The normalized spacial score (nSPS) is 21.5. The highest BCUT2D eigenvalue weighted by Gasteiger charge is 2.46. The van der Waals surface area contributed by atoms with E-state index in [2.05, 4.69) is 36.4 Å². The number of amides is 1. The number of rotatable bonds is 8. The Bertz CT molecular complexity index is 1280. The van der Waals surface area contributed by atoms with Crippen molar-refractivity contribution in [2.24, 2.45) is 5.92 Å². The Kier molecular flexibility index (Phi) is 6.79. The molecule has 0 N–H and O–H groups in total. The van der Waals surface area contributed by atoms with Gasteiger partial charge in [-0.25, -0.2) is 4.79 Å². The molecule has 2 aliphatic heterocycles. The van der Waals surface area contributed by atoms with Crippen LogP contribution in [0.1, 0.15) is 49.1 Å². The lowest BCUT2D eigenvalue weighted by molar-refractivity contribution is -0.125. The Hall–Kier alpha value is -3.80. The number of hydrogen-bond donors (Lipinski definition) is 0. The fraction of sp³-hybridized carbons (Fsp3) is 0.375. The van der Waals surface area contributed by atoms with Gasteiger partial charge in [0.1, 0.15) is 12.4 Å². The molecule has 38 heavy (non-hydrogen) atoms. The van der Waals surface area contributed by atoms with Crippen LogP contribution in [0.4, 0.5) is 4.79 Å². The molecule has 3 aliphatic rings. The summed E-state index contributed by atoms with van der Waals surface area (Å²) in [6, 6.07) is 24.3. The van der Waals surface area contributed by atoms with Gasteiger partial charge >= 0.3 is 6.09 Å². The van der Waals surface area contributed by atoms with Crippen LogP contribution in [0.5, 0.6) is 11.5 Å². The molecule has 0 spiro atoms. The number of carbonyl (C=O) groups is 2. The molecule has 3 aromatic rings. The summed E-state index contributed by atoms with van der Waals surface area (Å²) in [5, 5.41) is 0. The van der Waals surface area contributed by atoms with Crippen molar-refractivity contribution in [2.75, 3.05) is 20.3 Å². The van der Waals surface area contributed by atoms with Crippen LogP contribution in [-0.4, -0.2) is 49.2 Å². The molecule has 2 atom stereocenters. The highest BCUT2D eigenvalue weighted by atomic mass is 16.6. The average molecular weight is 512 g/mol. The van der Waals surface area contributed by atoms with Crippen molar-refractivity contribution >= 4 is 11.9 Å². The maximum absolute atomic E-state index is 13.3. The Morgan fingerprint density at radius 2 is 1.39 bits per heavy atom. The number of carbonyl (C=O) groups excluding carboxylic acids is 2. The lowest BCUT2D eigenvalue weighted by atomic mass is 9.86. The van der Waals surface area contributed by atoms with Crippen molar-refractivity contribution in [3.8, 4) is 22.6 Å². The second-order valence-electron chi connectivity index (χ2n) is 10.5. The van der Waals surface area contributed by atoms with Gasteiger partial charge in [-0.05, 0) is 60.1 Å². The minimum absolute atomic E-state index is 0.0357. The van der Waals surface area contributed by atoms with Crippen molar-refractivity contribution in [3.63, 3.8) is 0 Å². The molecular formula is C32H33NO5. The second-order valence-corrected chi connectivity index (χ2v) is 10.5. The van der Waals surface area contributed by atoms with Crippen LogP contribution in [-0.2, 0) is 9.53 Å². The predicted octanol–water partition coefficient (Wildman–Crippen LogP) is 6.23. The molecule has 6 nitrogen and oxygen atoms in total. The minimum Gasteiger partial charge on any atom is -0.493 e. The van der Waals surface area contributed by atoms with Crippen LogP contribution >= 0.6 is 0 Å². The number of hydrogen-bond acceptors (Lipinski definition) is 5. The van der Waals surface area contributed by atoms with Crippen molar-refractivity contribution in [1.82, 2.24) is 4.90 Å². The zero-order valence-corrected chi connectivity index (χ0v) is 21.7. The first-order valence-electron chi connectivity index (χ1n) is 13.6. The van der Waals surface area contributed by atoms with E-state index in [1.807, 2.05) is 41.3 Å². The van der Waals surface area contributed by atoms with E-state index in [0.29, 0.717) is 44.0 Å². The molecule has 0 radical (unpaired) electrons. The monoisotopic (exact) mass is 511 g/mol. The first kappa shape index (κ1) is 24.5. The lowest BCUT2D eigenvalue weighted by Gasteiger charge is -2.37. The summed E-state index contributed by atoms with van der Waals surface area (Å²) < 4.78 is 17.1. The highest BCUT2D eigenvalue weighted by molar-refractivity contribution is 5.82. The maximum Gasteiger partial charge on any atom is 0.410 e. The van der Waals surface area contributed by atoms with Crippen molar-refractivity contribution < 1.29 is 23.8 Å². The molecule has 3 aromatic carbocycles. The molecule has 0 aromatic heterocycles. The van der Waals surface area contributed by atoms with Gasteiger partial charge in [0.25, 0.3) is 0 Å². The van der Waals surface area contributed by atoms with E-state index in [1.54, 1.807) is 7.11 Å².